The minimum Gasteiger partial charge on any atom is -0.396 e. The summed E-state index contributed by atoms with van der Waals surface area (Å²) >= 11 is 3.17. The number of rotatable bonds is 4. The molecule has 6 heteroatoms. The third kappa shape index (κ3) is 2.90. The zero-order chi connectivity index (χ0) is 14.0. The Morgan fingerprint density at radius 3 is 2.63 bits per heavy atom. The van der Waals surface area contributed by atoms with Gasteiger partial charge in [-0.2, -0.15) is 0 Å². The van der Waals surface area contributed by atoms with Gasteiger partial charge >= 0.3 is 0 Å². The first-order valence-electron chi connectivity index (χ1n) is 6.58. The Morgan fingerprint density at radius 1 is 1.47 bits per heavy atom. The highest BCUT2D eigenvalue weighted by molar-refractivity contribution is 7.99. The smallest absolute Gasteiger partial charge is 0.174 e. The van der Waals surface area contributed by atoms with Crippen molar-refractivity contribution in [1.82, 2.24) is 0 Å². The van der Waals surface area contributed by atoms with Gasteiger partial charge in [-0.05, 0) is 19.1 Å². The molecule has 0 saturated carbocycles. The fourth-order valence-corrected chi connectivity index (χ4v) is 4.54. The van der Waals surface area contributed by atoms with Crippen LogP contribution in [0.2, 0.25) is 0 Å². The molecule has 106 valence electrons. The number of carbonyl (C=O) groups excluding carboxylic acids is 1. The normalized spacial score (nSPS) is 16.9. The van der Waals surface area contributed by atoms with Crippen LogP contribution in [0.1, 0.15) is 35.9 Å². The van der Waals surface area contributed by atoms with Crippen molar-refractivity contribution in [2.45, 2.75) is 37.1 Å². The summed E-state index contributed by atoms with van der Waals surface area (Å²) in [6.07, 6.45) is 4.52. The number of nitrogens with zero attached hydrogens (tertiary/aromatic N) is 1. The topological polar surface area (TPSA) is 72.3 Å². The summed E-state index contributed by atoms with van der Waals surface area (Å²) in [7, 11) is 0. The lowest BCUT2D eigenvalue weighted by molar-refractivity contribution is 0.0992. The number of nitrogens with two attached hydrogens (primary N) is 2. The molecule has 1 saturated heterocycles. The van der Waals surface area contributed by atoms with Crippen LogP contribution in [0.25, 0.3) is 0 Å². The predicted molar refractivity (Wildman–Crippen MR) is 84.6 cm³/mol. The summed E-state index contributed by atoms with van der Waals surface area (Å²) in [5.41, 5.74) is 12.7. The Kier molecular flexibility index (Phi) is 4.76. The number of anilines is 2. The van der Waals surface area contributed by atoms with Gasteiger partial charge < -0.3 is 16.4 Å². The number of hydrogen-bond acceptors (Lipinski definition) is 6. The molecule has 0 aliphatic carbocycles. The van der Waals surface area contributed by atoms with Crippen molar-refractivity contribution in [2.75, 3.05) is 30.0 Å². The molecular weight excluding hydrogens is 278 g/mol. The molecule has 0 spiro atoms. The molecule has 1 fully saturated rings. The molecule has 1 aromatic rings. The molecule has 0 unspecified atom stereocenters. The Morgan fingerprint density at radius 2 is 2.11 bits per heavy atom. The summed E-state index contributed by atoms with van der Waals surface area (Å²) in [6, 6.07) is 0.308. The fraction of sp³-hybridized carbons (Fsp3) is 0.615. The first-order chi connectivity index (χ1) is 9.08. The number of carbonyl (C=O) groups is 1. The Hall–Kier alpha value is -0.720. The maximum atomic E-state index is 11.9. The van der Waals surface area contributed by atoms with E-state index in [0.29, 0.717) is 18.2 Å². The van der Waals surface area contributed by atoms with E-state index < -0.39 is 0 Å². The van der Waals surface area contributed by atoms with Crippen LogP contribution in [0.5, 0.6) is 0 Å². The van der Waals surface area contributed by atoms with E-state index in [2.05, 4.69) is 4.90 Å². The fourth-order valence-electron chi connectivity index (χ4n) is 2.29. The average Bonchev–Trinajstić information content (AvgIpc) is 2.75. The number of thioether (sulfide) groups is 1. The van der Waals surface area contributed by atoms with Gasteiger partial charge in [-0.3, -0.25) is 4.79 Å². The summed E-state index contributed by atoms with van der Waals surface area (Å²) < 4.78 is 0. The van der Waals surface area contributed by atoms with Gasteiger partial charge in [0.05, 0.1) is 15.5 Å². The number of hydrogen-bond donors (Lipinski definition) is 2. The summed E-state index contributed by atoms with van der Waals surface area (Å²) in [4.78, 5) is 16.0. The van der Waals surface area contributed by atoms with Crippen molar-refractivity contribution in [3.8, 4) is 0 Å². The lowest BCUT2D eigenvalue weighted by Gasteiger charge is -2.31. The van der Waals surface area contributed by atoms with E-state index in [1.165, 1.54) is 0 Å². The molecule has 1 aliphatic heterocycles. The standard InChI is InChI=1S/C13H21N3OS2/c1-3-9(17)11-10(15)12(18-2)13(19-11)16-6-4-8(14)5-7-16/h8H,3-7,14-15H2,1-2H3. The largest absolute Gasteiger partial charge is 0.396 e. The number of ketones is 1. The van der Waals surface area contributed by atoms with Crippen LogP contribution in [-0.2, 0) is 0 Å². The summed E-state index contributed by atoms with van der Waals surface area (Å²) in [5.74, 6) is 0.137. The zero-order valence-electron chi connectivity index (χ0n) is 11.4. The van der Waals surface area contributed by atoms with Crippen molar-refractivity contribution in [3.63, 3.8) is 0 Å². The maximum Gasteiger partial charge on any atom is 0.174 e. The molecule has 4 nitrogen and oxygen atoms in total. The van der Waals surface area contributed by atoms with Crippen LogP contribution >= 0.6 is 23.1 Å². The van der Waals surface area contributed by atoms with Crippen LogP contribution in [0.4, 0.5) is 10.7 Å². The maximum absolute atomic E-state index is 11.9. The Labute approximate surface area is 122 Å². The summed E-state index contributed by atoms with van der Waals surface area (Å²) in [6.45, 7) is 3.78. The molecule has 4 N–H and O–H groups in total. The van der Waals surface area contributed by atoms with Gasteiger partial charge in [0.25, 0.3) is 0 Å². The lowest BCUT2D eigenvalue weighted by Crippen LogP contribution is -2.39. The van der Waals surface area contributed by atoms with Gasteiger partial charge in [-0.25, -0.2) is 0 Å². The van der Waals surface area contributed by atoms with Crippen LogP contribution < -0.4 is 16.4 Å². The second-order valence-electron chi connectivity index (χ2n) is 4.78. The van der Waals surface area contributed by atoms with Gasteiger partial charge in [-0.1, -0.05) is 6.92 Å². The quantitative estimate of drug-likeness (QED) is 0.660. The van der Waals surface area contributed by atoms with Gasteiger partial charge in [0, 0.05) is 25.6 Å². The van der Waals surface area contributed by atoms with Gasteiger partial charge in [0.1, 0.15) is 5.00 Å². The number of thiophene rings is 1. The van der Waals surface area contributed by atoms with E-state index >= 15 is 0 Å². The minimum absolute atomic E-state index is 0.137. The first kappa shape index (κ1) is 14.7. The SMILES string of the molecule is CCC(=O)c1sc(N2CCC(N)CC2)c(SC)c1N. The number of Topliss-reactive ketones (excluding diaryl/α,β-unsaturated/α-hetero) is 1. The van der Waals surface area contributed by atoms with E-state index in [1.54, 1.807) is 23.1 Å². The highest BCUT2D eigenvalue weighted by Gasteiger charge is 2.25. The van der Waals surface area contributed by atoms with Crippen molar-refractivity contribution < 1.29 is 4.79 Å². The van der Waals surface area contributed by atoms with Crippen LogP contribution in [0.3, 0.4) is 0 Å². The first-order valence-corrected chi connectivity index (χ1v) is 8.62. The van der Waals surface area contributed by atoms with Crippen molar-refractivity contribution in [2.24, 2.45) is 5.73 Å². The van der Waals surface area contributed by atoms with E-state index in [1.807, 2.05) is 13.2 Å². The molecule has 1 aromatic heterocycles. The molecule has 0 bridgehead atoms. The molecule has 19 heavy (non-hydrogen) atoms. The molecule has 0 atom stereocenters. The molecule has 2 heterocycles. The minimum atomic E-state index is 0.137. The number of piperidine rings is 1. The number of nitrogen functional groups attached to an aromatic ring is 1. The van der Waals surface area contributed by atoms with Gasteiger partial charge in [-0.15, -0.1) is 23.1 Å². The second kappa shape index (κ2) is 6.15. The highest BCUT2D eigenvalue weighted by Crippen LogP contribution is 2.44. The third-order valence-electron chi connectivity index (χ3n) is 3.49. The van der Waals surface area contributed by atoms with Crippen molar-refractivity contribution >= 4 is 39.6 Å². The van der Waals surface area contributed by atoms with E-state index in [4.69, 9.17) is 11.5 Å². The lowest BCUT2D eigenvalue weighted by atomic mass is 10.1. The van der Waals surface area contributed by atoms with E-state index in [0.717, 1.165) is 40.7 Å². The van der Waals surface area contributed by atoms with Gasteiger partial charge in [0.2, 0.25) is 0 Å². The van der Waals surface area contributed by atoms with Gasteiger partial charge in [0.15, 0.2) is 5.78 Å². The molecule has 0 aromatic carbocycles. The molecule has 2 rings (SSSR count). The van der Waals surface area contributed by atoms with Crippen LogP contribution in [0.15, 0.2) is 4.90 Å². The molecule has 1 aliphatic rings. The third-order valence-corrected chi connectivity index (χ3v) is 5.75. The zero-order valence-corrected chi connectivity index (χ0v) is 13.1. The van der Waals surface area contributed by atoms with Crippen LogP contribution in [0, 0.1) is 0 Å². The summed E-state index contributed by atoms with van der Waals surface area (Å²) in [5, 5.41) is 1.15. The van der Waals surface area contributed by atoms with E-state index in [9.17, 15) is 4.79 Å². The molecule has 0 radical (unpaired) electrons. The van der Waals surface area contributed by atoms with E-state index in [-0.39, 0.29) is 5.78 Å². The van der Waals surface area contributed by atoms with Crippen LogP contribution in [-0.4, -0.2) is 31.2 Å². The molecular formula is C13H21N3OS2. The average molecular weight is 299 g/mol. The Bertz CT molecular complexity index is 465. The second-order valence-corrected chi connectivity index (χ2v) is 6.60. The monoisotopic (exact) mass is 299 g/mol. The molecule has 0 amide bonds. The van der Waals surface area contributed by atoms with Crippen molar-refractivity contribution in [1.29, 1.82) is 0 Å². The highest BCUT2D eigenvalue weighted by atomic mass is 32.2. The predicted octanol–water partition coefficient (Wildman–Crippen LogP) is 2.57. The Balaban J connectivity index is 2.32. The van der Waals surface area contributed by atoms with Crippen molar-refractivity contribution in [3.05, 3.63) is 4.88 Å².